The first-order chi connectivity index (χ1) is 12.4. The Morgan fingerprint density at radius 3 is 2.46 bits per heavy atom. The number of nitrogens with one attached hydrogen (secondary N) is 1. The number of hydrogen-bond donors (Lipinski definition) is 1. The van der Waals surface area contributed by atoms with E-state index in [0.717, 1.165) is 11.1 Å². The summed E-state index contributed by atoms with van der Waals surface area (Å²) in [5.41, 5.74) is 2.85. The Labute approximate surface area is 150 Å². The quantitative estimate of drug-likeness (QED) is 0.577. The molecule has 0 saturated carbocycles. The van der Waals surface area contributed by atoms with Gasteiger partial charge in [-0.3, -0.25) is 9.59 Å². The molecule has 1 atom stereocenters. The number of fused-ring (bicyclic) bond motifs is 1. The minimum absolute atomic E-state index is 0.143. The van der Waals surface area contributed by atoms with Gasteiger partial charge in [-0.15, -0.1) is 0 Å². The summed E-state index contributed by atoms with van der Waals surface area (Å²) < 4.78 is 5.34. The molecule has 0 saturated heterocycles. The normalized spacial score (nSPS) is 12.0. The summed E-state index contributed by atoms with van der Waals surface area (Å²) in [6, 6.07) is 13.5. The number of benzene rings is 2. The number of esters is 1. The molecule has 0 unspecified atom stereocenters. The van der Waals surface area contributed by atoms with Crippen molar-refractivity contribution < 1.29 is 14.3 Å². The zero-order chi connectivity index (χ0) is 18.8. The molecule has 0 aliphatic heterocycles. The number of carbonyl (C=O) groups is 2. The van der Waals surface area contributed by atoms with E-state index < -0.39 is 17.6 Å². The van der Waals surface area contributed by atoms with E-state index in [0.29, 0.717) is 16.5 Å². The number of aromatic nitrogens is 1. The molecule has 1 aromatic heterocycles. The van der Waals surface area contributed by atoms with Gasteiger partial charge in [-0.05, 0) is 44.0 Å². The number of hydrogen-bond acceptors (Lipinski definition) is 4. The lowest BCUT2D eigenvalue weighted by atomic mass is 10.0. The van der Waals surface area contributed by atoms with Crippen LogP contribution in [0.15, 0.2) is 53.3 Å². The first kappa shape index (κ1) is 17.6. The largest absolute Gasteiger partial charge is 0.451 e. The van der Waals surface area contributed by atoms with Crippen molar-refractivity contribution in [3.8, 4) is 0 Å². The van der Waals surface area contributed by atoms with Gasteiger partial charge >= 0.3 is 5.97 Å². The number of rotatable bonds is 4. The Morgan fingerprint density at radius 1 is 1.00 bits per heavy atom. The summed E-state index contributed by atoms with van der Waals surface area (Å²) >= 11 is 0. The summed E-state index contributed by atoms with van der Waals surface area (Å²) in [6.07, 6.45) is -0.956. The number of para-hydroxylation sites is 1. The molecule has 0 radical (unpaired) electrons. The van der Waals surface area contributed by atoms with Crippen molar-refractivity contribution in [3.63, 3.8) is 0 Å². The SMILES string of the molecule is Cc1ccc(C(=O)[C@H](C)OC(=O)c2cc(=O)[nH]c3ccccc23)cc1C. The van der Waals surface area contributed by atoms with Gasteiger partial charge in [0.1, 0.15) is 0 Å². The number of pyridine rings is 1. The molecular weight excluding hydrogens is 330 g/mol. The van der Waals surface area contributed by atoms with E-state index in [-0.39, 0.29) is 11.3 Å². The molecule has 3 rings (SSSR count). The van der Waals surface area contributed by atoms with Crippen LogP contribution in [-0.4, -0.2) is 22.8 Å². The van der Waals surface area contributed by atoms with Gasteiger partial charge in [0.25, 0.3) is 0 Å². The highest BCUT2D eigenvalue weighted by Crippen LogP contribution is 2.18. The first-order valence-electron chi connectivity index (χ1n) is 8.31. The van der Waals surface area contributed by atoms with Gasteiger partial charge in [-0.25, -0.2) is 4.79 Å². The number of ketones is 1. The molecule has 0 amide bonds. The van der Waals surface area contributed by atoms with Crippen molar-refractivity contribution in [2.45, 2.75) is 26.9 Å². The predicted molar refractivity (Wildman–Crippen MR) is 99.7 cm³/mol. The van der Waals surface area contributed by atoms with Crippen LogP contribution in [0, 0.1) is 13.8 Å². The van der Waals surface area contributed by atoms with Crippen LogP contribution in [-0.2, 0) is 4.74 Å². The molecule has 3 aromatic rings. The number of Topliss-reactive ketones (excluding diaryl/α,β-unsaturated/α-hetero) is 1. The van der Waals surface area contributed by atoms with Crippen molar-refractivity contribution in [2.75, 3.05) is 0 Å². The lowest BCUT2D eigenvalue weighted by Crippen LogP contribution is -2.25. The Kier molecular flexibility index (Phi) is 4.71. The molecule has 0 bridgehead atoms. The van der Waals surface area contributed by atoms with Gasteiger partial charge in [-0.2, -0.15) is 0 Å². The maximum Gasteiger partial charge on any atom is 0.339 e. The van der Waals surface area contributed by atoms with E-state index in [1.165, 1.54) is 13.0 Å². The molecule has 132 valence electrons. The van der Waals surface area contributed by atoms with Gasteiger partial charge in [0.2, 0.25) is 11.3 Å². The molecule has 0 aliphatic rings. The van der Waals surface area contributed by atoms with Gasteiger partial charge in [0, 0.05) is 22.5 Å². The van der Waals surface area contributed by atoms with E-state index in [1.54, 1.807) is 36.4 Å². The second-order valence-corrected chi connectivity index (χ2v) is 6.30. The van der Waals surface area contributed by atoms with Crippen molar-refractivity contribution in [1.29, 1.82) is 0 Å². The predicted octanol–water partition coefficient (Wildman–Crippen LogP) is 3.57. The monoisotopic (exact) mass is 349 g/mol. The summed E-state index contributed by atoms with van der Waals surface area (Å²) in [5.74, 6) is -0.979. The van der Waals surface area contributed by atoms with Crippen LogP contribution in [0.5, 0.6) is 0 Å². The highest BCUT2D eigenvalue weighted by atomic mass is 16.5. The molecule has 26 heavy (non-hydrogen) atoms. The van der Waals surface area contributed by atoms with E-state index in [1.807, 2.05) is 19.9 Å². The average Bonchev–Trinajstić information content (AvgIpc) is 2.62. The molecular formula is C21H19NO4. The summed E-state index contributed by atoms with van der Waals surface area (Å²) in [6.45, 7) is 5.42. The van der Waals surface area contributed by atoms with Crippen LogP contribution in [0.3, 0.4) is 0 Å². The lowest BCUT2D eigenvalue weighted by Gasteiger charge is -2.14. The summed E-state index contributed by atoms with van der Waals surface area (Å²) in [7, 11) is 0. The van der Waals surface area contributed by atoms with Crippen LogP contribution >= 0.6 is 0 Å². The Morgan fingerprint density at radius 2 is 1.73 bits per heavy atom. The third-order valence-electron chi connectivity index (χ3n) is 4.41. The maximum atomic E-state index is 12.6. The highest BCUT2D eigenvalue weighted by molar-refractivity contribution is 6.05. The molecule has 1 N–H and O–H groups in total. The fourth-order valence-corrected chi connectivity index (χ4v) is 2.78. The van der Waals surface area contributed by atoms with Gasteiger partial charge in [-0.1, -0.05) is 30.3 Å². The van der Waals surface area contributed by atoms with Crippen LogP contribution in [0.1, 0.15) is 38.8 Å². The Hall–Kier alpha value is -3.21. The Bertz CT molecular complexity index is 1070. The molecule has 2 aromatic carbocycles. The number of aryl methyl sites for hydroxylation is 2. The maximum absolute atomic E-state index is 12.6. The average molecular weight is 349 g/mol. The fraction of sp³-hybridized carbons (Fsp3) is 0.190. The molecule has 0 aliphatic carbocycles. The number of aromatic amines is 1. The second kappa shape index (κ2) is 6.96. The first-order valence-corrected chi connectivity index (χ1v) is 8.31. The minimum Gasteiger partial charge on any atom is -0.451 e. The third-order valence-corrected chi connectivity index (χ3v) is 4.41. The fourth-order valence-electron chi connectivity index (χ4n) is 2.78. The van der Waals surface area contributed by atoms with Gasteiger partial charge in [0.05, 0.1) is 5.56 Å². The van der Waals surface area contributed by atoms with E-state index in [4.69, 9.17) is 4.74 Å². The zero-order valence-corrected chi connectivity index (χ0v) is 14.8. The van der Waals surface area contributed by atoms with E-state index in [9.17, 15) is 14.4 Å². The molecule has 1 heterocycles. The van der Waals surface area contributed by atoms with Crippen LogP contribution in [0.25, 0.3) is 10.9 Å². The van der Waals surface area contributed by atoms with Gasteiger partial charge < -0.3 is 9.72 Å². The summed E-state index contributed by atoms with van der Waals surface area (Å²) in [4.78, 5) is 39.6. The van der Waals surface area contributed by atoms with Crippen LogP contribution in [0.2, 0.25) is 0 Å². The topological polar surface area (TPSA) is 76.2 Å². The third kappa shape index (κ3) is 3.42. The lowest BCUT2D eigenvalue weighted by molar-refractivity contribution is 0.0320. The number of ether oxygens (including phenoxy) is 1. The van der Waals surface area contributed by atoms with Crippen molar-refractivity contribution in [2.24, 2.45) is 0 Å². The van der Waals surface area contributed by atoms with Crippen molar-refractivity contribution in [1.82, 2.24) is 4.98 Å². The Balaban J connectivity index is 1.87. The molecule has 5 nitrogen and oxygen atoms in total. The zero-order valence-electron chi connectivity index (χ0n) is 14.8. The van der Waals surface area contributed by atoms with E-state index >= 15 is 0 Å². The number of H-pyrrole nitrogens is 1. The van der Waals surface area contributed by atoms with E-state index in [2.05, 4.69) is 4.98 Å². The smallest absolute Gasteiger partial charge is 0.339 e. The molecule has 5 heteroatoms. The van der Waals surface area contributed by atoms with Crippen LogP contribution in [0.4, 0.5) is 0 Å². The van der Waals surface area contributed by atoms with Crippen molar-refractivity contribution >= 4 is 22.7 Å². The summed E-state index contributed by atoms with van der Waals surface area (Å²) in [5, 5.41) is 0.572. The highest BCUT2D eigenvalue weighted by Gasteiger charge is 2.22. The second-order valence-electron chi connectivity index (χ2n) is 6.30. The standard InChI is InChI=1S/C21H19NO4/c1-12-8-9-15(10-13(12)2)20(24)14(3)26-21(25)17-11-19(23)22-18-7-5-4-6-16(17)18/h4-11,14H,1-3H3,(H,22,23)/t14-/m0/s1. The van der Waals surface area contributed by atoms with Crippen molar-refractivity contribution in [3.05, 3.63) is 81.1 Å². The molecule has 0 spiro atoms. The number of carbonyl (C=O) groups excluding carboxylic acids is 2. The minimum atomic E-state index is -0.956. The van der Waals surface area contributed by atoms with Gasteiger partial charge in [0.15, 0.2) is 6.10 Å². The molecule has 0 fully saturated rings. The van der Waals surface area contributed by atoms with Crippen LogP contribution < -0.4 is 5.56 Å².